The van der Waals surface area contributed by atoms with Crippen LogP contribution < -0.4 is 8.50 Å². The number of hydrogen-bond acceptors (Lipinski definition) is 0. The molecule has 1 aliphatic rings. The molecule has 0 radical (unpaired) electrons. The molecular formula is C54H44N3P+2. The third-order valence-corrected chi connectivity index (χ3v) is 15.2. The lowest BCUT2D eigenvalue weighted by Gasteiger charge is -2.21. The largest absolute Gasteiger partial charge is 0.448 e. The normalized spacial score (nSPS) is 13.4. The third-order valence-electron chi connectivity index (χ3n) is 12.8. The van der Waals surface area contributed by atoms with Gasteiger partial charge in [-0.15, -0.1) is 8.50 Å². The second kappa shape index (κ2) is 13.0. The van der Waals surface area contributed by atoms with E-state index in [1.54, 1.807) is 0 Å². The van der Waals surface area contributed by atoms with E-state index in [0.717, 1.165) is 23.2 Å². The Morgan fingerprint density at radius 1 is 0.638 bits per heavy atom. The van der Waals surface area contributed by atoms with E-state index < -0.39 is 7.84 Å². The number of benzene rings is 6. The number of aromatic nitrogens is 3. The molecule has 278 valence electrons. The van der Waals surface area contributed by atoms with Crippen LogP contribution in [-0.2, 0) is 11.8 Å². The van der Waals surface area contributed by atoms with Crippen LogP contribution in [0.3, 0.4) is 0 Å². The van der Waals surface area contributed by atoms with E-state index in [1.165, 1.54) is 88.0 Å². The highest BCUT2D eigenvalue weighted by atomic mass is 31.1. The molecule has 1 atom stereocenters. The average molecular weight is 766 g/mol. The Morgan fingerprint density at radius 3 is 2.22 bits per heavy atom. The van der Waals surface area contributed by atoms with Crippen molar-refractivity contribution in [2.24, 2.45) is 0 Å². The minimum absolute atomic E-state index is 0.0760. The molecule has 4 heteroatoms. The lowest BCUT2D eigenvalue weighted by molar-refractivity contribution is -0.562. The van der Waals surface area contributed by atoms with E-state index >= 15 is 0 Å². The van der Waals surface area contributed by atoms with Crippen LogP contribution in [0.1, 0.15) is 54.2 Å². The van der Waals surface area contributed by atoms with Crippen molar-refractivity contribution in [1.29, 1.82) is 0 Å². The molecule has 0 N–H and O–H groups in total. The number of nitrogens with zero attached hydrogens (tertiary/aromatic N) is 3. The first-order valence-corrected chi connectivity index (χ1v) is 21.6. The van der Waals surface area contributed by atoms with Crippen molar-refractivity contribution in [3.8, 4) is 28.1 Å². The first-order chi connectivity index (χ1) is 28.3. The van der Waals surface area contributed by atoms with E-state index in [1.807, 2.05) is 0 Å². The van der Waals surface area contributed by atoms with Crippen molar-refractivity contribution in [1.82, 2.24) is 4.57 Å². The van der Waals surface area contributed by atoms with Crippen LogP contribution in [0.4, 0.5) is 0 Å². The fourth-order valence-corrected chi connectivity index (χ4v) is 12.6. The molecule has 0 aliphatic heterocycles. The Morgan fingerprint density at radius 2 is 1.36 bits per heavy atom. The highest BCUT2D eigenvalue weighted by Gasteiger charge is 2.37. The van der Waals surface area contributed by atoms with Crippen molar-refractivity contribution in [2.45, 2.75) is 39.5 Å². The number of pyridine rings is 2. The molecule has 10 aromatic rings. The molecule has 0 saturated carbocycles. The molecule has 0 spiro atoms. The molecule has 0 fully saturated rings. The van der Waals surface area contributed by atoms with Gasteiger partial charge in [0.1, 0.15) is 5.12 Å². The van der Waals surface area contributed by atoms with Crippen molar-refractivity contribution in [3.63, 3.8) is 0 Å². The second-order valence-corrected chi connectivity index (χ2v) is 18.2. The Bertz CT molecular complexity index is 3320. The number of para-hydroxylation sites is 1. The van der Waals surface area contributed by atoms with E-state index in [9.17, 15) is 0 Å². The summed E-state index contributed by atoms with van der Waals surface area (Å²) in [6.07, 6.45) is 5.51. The van der Waals surface area contributed by atoms with Gasteiger partial charge in [-0.25, -0.2) is 0 Å². The number of rotatable bonds is 6. The minimum Gasteiger partial charge on any atom is -0.309 e. The highest BCUT2D eigenvalue weighted by Crippen LogP contribution is 2.51. The summed E-state index contributed by atoms with van der Waals surface area (Å²) in [7, 11) is -1.02. The van der Waals surface area contributed by atoms with Crippen LogP contribution in [0.15, 0.2) is 177 Å². The molecule has 3 nitrogen and oxygen atoms in total. The first kappa shape index (κ1) is 34.7. The predicted octanol–water partition coefficient (Wildman–Crippen LogP) is 13.2. The van der Waals surface area contributed by atoms with Crippen molar-refractivity contribution in [2.75, 3.05) is 0 Å². The summed E-state index contributed by atoms with van der Waals surface area (Å²) >= 11 is 0. The molecule has 4 heterocycles. The molecule has 11 rings (SSSR count). The summed E-state index contributed by atoms with van der Waals surface area (Å²) in [6.45, 7) is 14.1. The van der Waals surface area contributed by atoms with E-state index in [2.05, 4.69) is 211 Å². The Hall–Kier alpha value is -6.54. The summed E-state index contributed by atoms with van der Waals surface area (Å²) in [6, 6.07) is 58.4. The van der Waals surface area contributed by atoms with Gasteiger partial charge in [0.25, 0.3) is 0 Å². The van der Waals surface area contributed by atoms with Crippen LogP contribution in [0.25, 0.3) is 71.5 Å². The number of hydrogen-bond donors (Lipinski definition) is 0. The van der Waals surface area contributed by atoms with Crippen LogP contribution in [0.5, 0.6) is 0 Å². The Balaban J connectivity index is 1.07. The summed E-state index contributed by atoms with van der Waals surface area (Å²) in [4.78, 5) is 0. The van der Waals surface area contributed by atoms with E-state index in [-0.39, 0.29) is 5.41 Å². The van der Waals surface area contributed by atoms with E-state index in [4.69, 9.17) is 6.58 Å². The lowest BCUT2D eigenvalue weighted by atomic mass is 9.82. The molecule has 6 aromatic carbocycles. The number of fused-ring (bicyclic) bond motifs is 9. The van der Waals surface area contributed by atoms with Gasteiger partial charge in [-0.3, -0.25) is 0 Å². The standard InChI is InChI=1S/C54H44N3P/c1-6-39-35(2)17-15-21-42(39)49-24-11-13-31-55(49)58-53-40(20-16-22-44(53)50-25-12-14-32-56(50)58)36(3)37-27-29-38(30-28-37)57-51-26-10-8-19-43(51)46-33-45-41-18-7-9-23-47(41)54(4,5)48(45)34-52(46)57/h7-34H,3,6H2,1-2,4-5H3/q+2. The monoisotopic (exact) mass is 765 g/mol. The van der Waals surface area contributed by atoms with Gasteiger partial charge in [-0.1, -0.05) is 106 Å². The molecule has 1 aliphatic carbocycles. The summed E-state index contributed by atoms with van der Waals surface area (Å²) in [5.74, 6) is 0. The van der Waals surface area contributed by atoms with Crippen molar-refractivity contribution >= 4 is 51.2 Å². The van der Waals surface area contributed by atoms with Gasteiger partial charge >= 0.3 is 7.84 Å². The second-order valence-electron chi connectivity index (χ2n) is 16.3. The van der Waals surface area contributed by atoms with Crippen LogP contribution in [-0.4, -0.2) is 4.57 Å². The summed E-state index contributed by atoms with van der Waals surface area (Å²) < 4.78 is 7.47. The first-order valence-electron chi connectivity index (χ1n) is 20.4. The third kappa shape index (κ3) is 4.93. The SMILES string of the molecule is C=C(c1ccc(-n2c3ccccc3c3cc4c(cc32)C(C)(C)c2ccccc2-4)cc1)c1cccc2c3cccc[n+]3p(-[n+]3ccccc3-c3cccc(C)c3CC)c12. The Labute approximate surface area is 340 Å². The number of aryl methyl sites for hydroxylation is 1. The highest BCUT2D eigenvalue weighted by molar-refractivity contribution is 7.42. The molecule has 4 aromatic heterocycles. The quantitative estimate of drug-likeness (QED) is 0.160. The van der Waals surface area contributed by atoms with Gasteiger partial charge in [0.15, 0.2) is 12.4 Å². The summed E-state index contributed by atoms with van der Waals surface area (Å²) in [5, 5.41) is 5.17. The molecule has 0 bridgehead atoms. The van der Waals surface area contributed by atoms with Gasteiger partial charge in [-0.2, -0.15) is 0 Å². The van der Waals surface area contributed by atoms with Gasteiger partial charge in [0.05, 0.1) is 22.0 Å². The molecule has 1 unspecified atom stereocenters. The van der Waals surface area contributed by atoms with Gasteiger partial charge < -0.3 is 4.57 Å². The molecule has 0 amide bonds. The zero-order valence-electron chi connectivity index (χ0n) is 33.4. The summed E-state index contributed by atoms with van der Waals surface area (Å²) in [5.41, 5.74) is 18.9. The van der Waals surface area contributed by atoms with Gasteiger partial charge in [0, 0.05) is 51.7 Å². The zero-order valence-corrected chi connectivity index (χ0v) is 34.3. The average Bonchev–Trinajstić information content (AvgIpc) is 3.85. The van der Waals surface area contributed by atoms with Gasteiger partial charge in [0.2, 0.25) is 11.2 Å². The smallest absolute Gasteiger partial charge is 0.309 e. The fourth-order valence-electron chi connectivity index (χ4n) is 9.97. The van der Waals surface area contributed by atoms with Crippen molar-refractivity contribution < 1.29 is 8.50 Å². The maximum Gasteiger partial charge on any atom is 0.448 e. The predicted molar refractivity (Wildman–Crippen MR) is 243 cm³/mol. The topological polar surface area (TPSA) is 12.9 Å². The van der Waals surface area contributed by atoms with Gasteiger partial charge in [-0.05, 0) is 112 Å². The van der Waals surface area contributed by atoms with Crippen LogP contribution in [0, 0.1) is 6.92 Å². The van der Waals surface area contributed by atoms with E-state index in [0.29, 0.717) is 0 Å². The zero-order chi connectivity index (χ0) is 39.3. The van der Waals surface area contributed by atoms with Crippen LogP contribution in [0.2, 0.25) is 0 Å². The molecular weight excluding hydrogens is 722 g/mol. The maximum atomic E-state index is 4.84. The molecule has 0 saturated heterocycles. The lowest BCUT2D eigenvalue weighted by Crippen LogP contribution is -2.35. The van der Waals surface area contributed by atoms with Crippen molar-refractivity contribution in [3.05, 3.63) is 210 Å². The van der Waals surface area contributed by atoms with Crippen LogP contribution >= 0.6 is 7.84 Å². The maximum absolute atomic E-state index is 4.84. The fraction of sp³-hybridized carbons (Fsp3) is 0.111. The molecule has 58 heavy (non-hydrogen) atoms. The minimum atomic E-state index is -1.02. The Kier molecular flexibility index (Phi) is 7.77.